The molecule has 1 atom stereocenters. The molecule has 3 nitrogen and oxygen atoms in total. The van der Waals surface area contributed by atoms with Crippen LogP contribution >= 0.6 is 0 Å². The van der Waals surface area contributed by atoms with Gasteiger partial charge in [-0.15, -0.1) is 0 Å². The molecule has 140 valence electrons. The van der Waals surface area contributed by atoms with Crippen LogP contribution in [-0.4, -0.2) is 29.1 Å². The highest BCUT2D eigenvalue weighted by molar-refractivity contribution is 5.71. The standard InChI is InChI=1S/C24H27NO2/c26-24(27)17-11-13-25(14-12-17)23-10-8-19-15-18(7-9-22(19)23)21-6-2-4-16-3-1-5-20(16)21/h2,4,6-7,9,15,17,23H,1,3,5,8,10-14H2,(H,26,27)/t23-/m0/s1. The summed E-state index contributed by atoms with van der Waals surface area (Å²) in [6, 6.07) is 14.3. The van der Waals surface area contributed by atoms with Crippen molar-refractivity contribution in [2.75, 3.05) is 13.1 Å². The molecule has 3 aliphatic rings. The number of aliphatic carboxylic acids is 1. The van der Waals surface area contributed by atoms with E-state index >= 15 is 0 Å². The number of nitrogens with zero attached hydrogens (tertiary/aromatic N) is 1. The second-order valence-corrected chi connectivity index (χ2v) is 8.41. The smallest absolute Gasteiger partial charge is 0.306 e. The molecule has 1 saturated heterocycles. The van der Waals surface area contributed by atoms with E-state index in [4.69, 9.17) is 0 Å². The topological polar surface area (TPSA) is 40.5 Å². The fraction of sp³-hybridized carbons (Fsp3) is 0.458. The number of benzene rings is 2. The predicted octanol–water partition coefficient (Wildman–Crippen LogP) is 4.63. The van der Waals surface area contributed by atoms with Gasteiger partial charge in [0.15, 0.2) is 0 Å². The first kappa shape index (κ1) is 17.0. The number of hydrogen-bond acceptors (Lipinski definition) is 2. The van der Waals surface area contributed by atoms with Gasteiger partial charge in [0.25, 0.3) is 0 Å². The Bertz CT molecular complexity index is 880. The van der Waals surface area contributed by atoms with E-state index in [0.29, 0.717) is 6.04 Å². The number of carboxylic acid groups (broad SMARTS) is 1. The molecule has 0 saturated carbocycles. The van der Waals surface area contributed by atoms with Gasteiger partial charge in [0.2, 0.25) is 0 Å². The molecule has 0 amide bonds. The van der Waals surface area contributed by atoms with E-state index < -0.39 is 5.97 Å². The molecule has 1 N–H and O–H groups in total. The van der Waals surface area contributed by atoms with E-state index in [1.807, 2.05) is 0 Å². The number of aryl methyl sites for hydroxylation is 2. The molecule has 1 aliphatic heterocycles. The normalized spacial score (nSPS) is 22.6. The molecule has 2 aliphatic carbocycles. The predicted molar refractivity (Wildman–Crippen MR) is 107 cm³/mol. The van der Waals surface area contributed by atoms with E-state index in [9.17, 15) is 9.90 Å². The van der Waals surface area contributed by atoms with Crippen LogP contribution in [0.2, 0.25) is 0 Å². The zero-order chi connectivity index (χ0) is 18.4. The Kier molecular flexibility index (Phi) is 4.28. The van der Waals surface area contributed by atoms with Gasteiger partial charge in [-0.3, -0.25) is 9.69 Å². The summed E-state index contributed by atoms with van der Waals surface area (Å²) in [7, 11) is 0. The molecule has 1 fully saturated rings. The summed E-state index contributed by atoms with van der Waals surface area (Å²) in [5.41, 5.74) is 8.86. The second kappa shape index (κ2) is 6.79. The van der Waals surface area contributed by atoms with Crippen molar-refractivity contribution in [3.8, 4) is 11.1 Å². The number of carboxylic acids is 1. The number of rotatable bonds is 3. The van der Waals surface area contributed by atoms with Crippen molar-refractivity contribution < 1.29 is 9.90 Å². The van der Waals surface area contributed by atoms with E-state index in [1.54, 1.807) is 5.56 Å². The van der Waals surface area contributed by atoms with Gasteiger partial charge >= 0.3 is 5.97 Å². The van der Waals surface area contributed by atoms with Crippen LogP contribution in [0.4, 0.5) is 0 Å². The van der Waals surface area contributed by atoms with Crippen LogP contribution in [0.1, 0.15) is 54.0 Å². The average molecular weight is 361 g/mol. The van der Waals surface area contributed by atoms with Crippen molar-refractivity contribution in [2.45, 2.75) is 51.0 Å². The molecular weight excluding hydrogens is 334 g/mol. The summed E-state index contributed by atoms with van der Waals surface area (Å²) in [5, 5.41) is 9.23. The Labute approximate surface area is 161 Å². The molecule has 27 heavy (non-hydrogen) atoms. The Morgan fingerprint density at radius 3 is 2.63 bits per heavy atom. The minimum Gasteiger partial charge on any atom is -0.481 e. The van der Waals surface area contributed by atoms with Gasteiger partial charge in [0.05, 0.1) is 5.92 Å². The van der Waals surface area contributed by atoms with Crippen LogP contribution in [0.5, 0.6) is 0 Å². The van der Waals surface area contributed by atoms with Crippen LogP contribution in [0.3, 0.4) is 0 Å². The highest BCUT2D eigenvalue weighted by Gasteiger charge is 2.32. The van der Waals surface area contributed by atoms with Crippen molar-refractivity contribution in [1.29, 1.82) is 0 Å². The van der Waals surface area contributed by atoms with Crippen LogP contribution < -0.4 is 0 Å². The highest BCUT2D eigenvalue weighted by atomic mass is 16.4. The monoisotopic (exact) mass is 361 g/mol. The van der Waals surface area contributed by atoms with E-state index in [0.717, 1.165) is 32.4 Å². The van der Waals surface area contributed by atoms with Crippen molar-refractivity contribution >= 4 is 5.97 Å². The third kappa shape index (κ3) is 2.98. The van der Waals surface area contributed by atoms with Gasteiger partial charge in [0.1, 0.15) is 0 Å². The van der Waals surface area contributed by atoms with Crippen molar-refractivity contribution in [3.63, 3.8) is 0 Å². The SMILES string of the molecule is O=C(O)C1CCN([C@H]2CCc3cc(-c4cccc5c4CCC5)ccc32)CC1. The lowest BCUT2D eigenvalue weighted by Gasteiger charge is -2.35. The molecule has 0 aromatic heterocycles. The molecule has 0 radical (unpaired) electrons. The zero-order valence-electron chi connectivity index (χ0n) is 15.8. The van der Waals surface area contributed by atoms with Gasteiger partial charge < -0.3 is 5.11 Å². The minimum atomic E-state index is -0.624. The average Bonchev–Trinajstić information content (AvgIpc) is 3.34. The third-order valence-electron chi connectivity index (χ3n) is 6.97. The molecule has 2 aromatic rings. The number of piperidine rings is 1. The van der Waals surface area contributed by atoms with Crippen molar-refractivity contribution in [2.24, 2.45) is 5.92 Å². The van der Waals surface area contributed by atoms with Crippen LogP contribution in [0, 0.1) is 5.92 Å². The molecule has 5 rings (SSSR count). The Balaban J connectivity index is 1.39. The lowest BCUT2D eigenvalue weighted by atomic mass is 9.93. The van der Waals surface area contributed by atoms with E-state index in [1.165, 1.54) is 53.5 Å². The minimum absolute atomic E-state index is 0.148. The van der Waals surface area contributed by atoms with Crippen LogP contribution in [0.25, 0.3) is 11.1 Å². The number of fused-ring (bicyclic) bond motifs is 2. The van der Waals surface area contributed by atoms with Gasteiger partial charge in [-0.05, 0) is 91.4 Å². The first-order valence-electron chi connectivity index (χ1n) is 10.4. The van der Waals surface area contributed by atoms with E-state index in [2.05, 4.69) is 41.3 Å². The van der Waals surface area contributed by atoms with Crippen molar-refractivity contribution in [3.05, 3.63) is 58.7 Å². The fourth-order valence-corrected chi connectivity index (χ4v) is 5.49. The molecule has 0 unspecified atom stereocenters. The van der Waals surface area contributed by atoms with Crippen molar-refractivity contribution in [1.82, 2.24) is 4.90 Å². The highest BCUT2D eigenvalue weighted by Crippen LogP contribution is 2.40. The maximum Gasteiger partial charge on any atom is 0.306 e. The fourth-order valence-electron chi connectivity index (χ4n) is 5.49. The van der Waals surface area contributed by atoms with Crippen LogP contribution in [0.15, 0.2) is 36.4 Å². The molecule has 1 heterocycles. The maximum atomic E-state index is 11.2. The Morgan fingerprint density at radius 1 is 0.963 bits per heavy atom. The Hall–Kier alpha value is -2.13. The lowest BCUT2D eigenvalue weighted by molar-refractivity contribution is -0.143. The second-order valence-electron chi connectivity index (χ2n) is 8.41. The van der Waals surface area contributed by atoms with Crippen LogP contribution in [-0.2, 0) is 24.1 Å². The summed E-state index contributed by atoms with van der Waals surface area (Å²) in [6.07, 6.45) is 7.60. The molecular formula is C24H27NO2. The third-order valence-corrected chi connectivity index (χ3v) is 6.97. The van der Waals surface area contributed by atoms with Gasteiger partial charge in [-0.25, -0.2) is 0 Å². The summed E-state index contributed by atoms with van der Waals surface area (Å²) >= 11 is 0. The summed E-state index contributed by atoms with van der Waals surface area (Å²) in [5.74, 6) is -0.772. The van der Waals surface area contributed by atoms with E-state index in [-0.39, 0.29) is 5.92 Å². The molecule has 3 heteroatoms. The van der Waals surface area contributed by atoms with Gasteiger partial charge in [-0.1, -0.05) is 36.4 Å². The summed E-state index contributed by atoms with van der Waals surface area (Å²) in [4.78, 5) is 13.7. The number of likely N-dealkylation sites (tertiary alicyclic amines) is 1. The molecule has 0 bridgehead atoms. The Morgan fingerprint density at radius 2 is 1.81 bits per heavy atom. The van der Waals surface area contributed by atoms with Gasteiger partial charge in [-0.2, -0.15) is 0 Å². The number of carbonyl (C=O) groups is 1. The maximum absolute atomic E-state index is 11.2. The quantitative estimate of drug-likeness (QED) is 0.867. The lowest BCUT2D eigenvalue weighted by Crippen LogP contribution is -2.38. The molecule has 0 spiro atoms. The zero-order valence-corrected chi connectivity index (χ0v) is 15.8. The van der Waals surface area contributed by atoms with Gasteiger partial charge in [0, 0.05) is 6.04 Å². The summed E-state index contributed by atoms with van der Waals surface area (Å²) in [6.45, 7) is 1.82. The molecule has 2 aromatic carbocycles. The largest absolute Gasteiger partial charge is 0.481 e. The first-order chi connectivity index (χ1) is 13.2. The summed E-state index contributed by atoms with van der Waals surface area (Å²) < 4.78 is 0. The number of hydrogen-bond donors (Lipinski definition) is 1. The first-order valence-corrected chi connectivity index (χ1v) is 10.4.